The summed E-state index contributed by atoms with van der Waals surface area (Å²) < 4.78 is 7.94. The van der Waals surface area contributed by atoms with E-state index in [0.717, 1.165) is 30.1 Å². The number of hydrogen-bond donors (Lipinski definition) is 1. The number of anilines is 1. The number of hydrogen-bond acceptors (Lipinski definition) is 5. The van der Waals surface area contributed by atoms with Gasteiger partial charge in [0.25, 0.3) is 0 Å². The van der Waals surface area contributed by atoms with E-state index in [1.165, 1.54) is 11.8 Å². The monoisotopic (exact) mass is 472 g/mol. The van der Waals surface area contributed by atoms with E-state index in [0.29, 0.717) is 28.4 Å². The van der Waals surface area contributed by atoms with Crippen LogP contribution in [0.15, 0.2) is 53.7 Å². The number of thioether (sulfide) groups is 1. The second-order valence-corrected chi connectivity index (χ2v) is 9.79. The number of ether oxygens (including phenoxy) is 1. The summed E-state index contributed by atoms with van der Waals surface area (Å²) in [5.41, 5.74) is 1.67. The van der Waals surface area contributed by atoms with Gasteiger partial charge in [-0.05, 0) is 56.0 Å². The van der Waals surface area contributed by atoms with Gasteiger partial charge in [-0.3, -0.25) is 4.79 Å². The third-order valence-electron chi connectivity index (χ3n) is 4.94. The fourth-order valence-corrected chi connectivity index (χ4v) is 4.03. The summed E-state index contributed by atoms with van der Waals surface area (Å²) in [7, 11) is 0. The van der Waals surface area contributed by atoms with Crippen molar-refractivity contribution in [3.05, 3.63) is 64.9 Å². The lowest BCUT2D eigenvalue weighted by Gasteiger charge is -2.15. The molecule has 0 aliphatic rings. The van der Waals surface area contributed by atoms with Crippen LogP contribution in [-0.4, -0.2) is 25.9 Å². The highest BCUT2D eigenvalue weighted by atomic mass is 35.5. The first-order chi connectivity index (χ1) is 15.3. The maximum absolute atomic E-state index is 12.8. The van der Waals surface area contributed by atoms with Crippen LogP contribution in [0.2, 0.25) is 5.02 Å². The quantitative estimate of drug-likeness (QED) is 0.367. The molecule has 1 aromatic heterocycles. The lowest BCUT2D eigenvalue weighted by Crippen LogP contribution is -2.23. The number of rotatable bonds is 10. The van der Waals surface area contributed by atoms with Gasteiger partial charge in [0.1, 0.15) is 12.4 Å². The lowest BCUT2D eigenvalue weighted by atomic mass is 10.1. The molecule has 0 aliphatic heterocycles. The Kier molecular flexibility index (Phi) is 8.59. The van der Waals surface area contributed by atoms with Crippen molar-refractivity contribution in [3.63, 3.8) is 0 Å². The van der Waals surface area contributed by atoms with E-state index in [4.69, 9.17) is 16.3 Å². The molecule has 0 saturated heterocycles. The molecule has 6 nitrogen and oxygen atoms in total. The van der Waals surface area contributed by atoms with Crippen LogP contribution in [0.1, 0.15) is 38.6 Å². The maximum atomic E-state index is 12.8. The smallest absolute Gasteiger partial charge is 0.237 e. The van der Waals surface area contributed by atoms with E-state index < -0.39 is 0 Å². The second kappa shape index (κ2) is 11.4. The minimum absolute atomic E-state index is 0.110. The van der Waals surface area contributed by atoms with Crippen LogP contribution in [0.4, 0.5) is 5.69 Å². The molecule has 1 N–H and O–H groups in total. The minimum Gasteiger partial charge on any atom is -0.486 e. The van der Waals surface area contributed by atoms with Crippen LogP contribution in [0.5, 0.6) is 5.75 Å². The molecule has 0 spiro atoms. The molecule has 170 valence electrons. The molecule has 3 aromatic rings. The molecule has 2 aromatic carbocycles. The van der Waals surface area contributed by atoms with Gasteiger partial charge in [-0.15, -0.1) is 10.2 Å². The molecule has 0 saturated carbocycles. The van der Waals surface area contributed by atoms with Gasteiger partial charge in [-0.25, -0.2) is 0 Å². The topological polar surface area (TPSA) is 69.0 Å². The van der Waals surface area contributed by atoms with Crippen LogP contribution >= 0.6 is 23.4 Å². The predicted molar refractivity (Wildman–Crippen MR) is 130 cm³/mol. The number of carbonyl (C=O) groups excluding carboxylic acids is 1. The average molecular weight is 473 g/mol. The predicted octanol–water partition coefficient (Wildman–Crippen LogP) is 5.98. The second-order valence-electron chi connectivity index (χ2n) is 8.04. The van der Waals surface area contributed by atoms with E-state index in [-0.39, 0.29) is 11.2 Å². The Labute approximate surface area is 198 Å². The molecule has 1 heterocycles. The Hall–Kier alpha value is -2.51. The summed E-state index contributed by atoms with van der Waals surface area (Å²) in [6, 6.07) is 15.1. The molecule has 1 atom stereocenters. The van der Waals surface area contributed by atoms with Gasteiger partial charge < -0.3 is 14.6 Å². The standard InChI is InChI=1S/C24H29ClN4O2S/c1-16(2)12-13-29-22(15-31-20-8-6-5-7-9-20)27-28-24(29)32-18(4)23(30)26-21-14-19(25)11-10-17(21)3/h5-11,14,16,18H,12-13,15H2,1-4H3,(H,26,30). The Morgan fingerprint density at radius 3 is 2.62 bits per heavy atom. The number of benzene rings is 2. The van der Waals surface area contributed by atoms with Crippen molar-refractivity contribution in [2.75, 3.05) is 5.32 Å². The Morgan fingerprint density at radius 2 is 1.91 bits per heavy atom. The van der Waals surface area contributed by atoms with Gasteiger partial charge in [0.05, 0.1) is 5.25 Å². The van der Waals surface area contributed by atoms with Gasteiger partial charge in [0, 0.05) is 17.3 Å². The van der Waals surface area contributed by atoms with E-state index in [1.807, 2.05) is 50.2 Å². The summed E-state index contributed by atoms with van der Waals surface area (Å²) >= 11 is 7.47. The number of aryl methyl sites for hydroxylation is 1. The molecule has 0 aliphatic carbocycles. The molecule has 0 radical (unpaired) electrons. The van der Waals surface area contributed by atoms with E-state index in [9.17, 15) is 4.79 Å². The van der Waals surface area contributed by atoms with Gasteiger partial charge >= 0.3 is 0 Å². The van der Waals surface area contributed by atoms with Crippen molar-refractivity contribution in [2.45, 2.75) is 57.7 Å². The van der Waals surface area contributed by atoms with Gasteiger partial charge in [0.15, 0.2) is 11.0 Å². The molecular weight excluding hydrogens is 444 g/mol. The third kappa shape index (κ3) is 6.74. The van der Waals surface area contributed by atoms with Crippen molar-refractivity contribution in [2.24, 2.45) is 5.92 Å². The largest absolute Gasteiger partial charge is 0.486 e. The summed E-state index contributed by atoms with van der Waals surface area (Å²) in [6.45, 7) is 9.24. The third-order valence-corrected chi connectivity index (χ3v) is 6.26. The minimum atomic E-state index is -0.363. The average Bonchev–Trinajstić information content (AvgIpc) is 3.15. The first-order valence-electron chi connectivity index (χ1n) is 10.7. The number of nitrogens with one attached hydrogen (secondary N) is 1. The number of halogens is 1. The van der Waals surface area contributed by atoms with Gasteiger partial charge in [-0.2, -0.15) is 0 Å². The van der Waals surface area contributed by atoms with Crippen LogP contribution in [0.3, 0.4) is 0 Å². The van der Waals surface area contributed by atoms with Crippen molar-refractivity contribution in [1.82, 2.24) is 14.8 Å². The number of nitrogens with zero attached hydrogens (tertiary/aromatic N) is 3. The number of aromatic nitrogens is 3. The molecular formula is C24H29ClN4O2S. The highest BCUT2D eigenvalue weighted by Gasteiger charge is 2.21. The molecule has 0 fully saturated rings. The first-order valence-corrected chi connectivity index (χ1v) is 11.9. The van der Waals surface area contributed by atoms with E-state index >= 15 is 0 Å². The van der Waals surface area contributed by atoms with Crippen LogP contribution < -0.4 is 10.1 Å². The SMILES string of the molecule is Cc1ccc(Cl)cc1NC(=O)C(C)Sc1nnc(COc2ccccc2)n1CCC(C)C. The van der Waals surface area contributed by atoms with Crippen LogP contribution in [0.25, 0.3) is 0 Å². The molecule has 0 bridgehead atoms. The normalized spacial score (nSPS) is 12.1. The van der Waals surface area contributed by atoms with Crippen molar-refractivity contribution >= 4 is 35.0 Å². The highest BCUT2D eigenvalue weighted by Crippen LogP contribution is 2.26. The van der Waals surface area contributed by atoms with Crippen LogP contribution in [-0.2, 0) is 17.9 Å². The van der Waals surface area contributed by atoms with Gasteiger partial charge in [-0.1, -0.05) is 61.5 Å². The van der Waals surface area contributed by atoms with Crippen molar-refractivity contribution in [3.8, 4) is 5.75 Å². The zero-order valence-corrected chi connectivity index (χ0v) is 20.4. The lowest BCUT2D eigenvalue weighted by molar-refractivity contribution is -0.115. The zero-order chi connectivity index (χ0) is 23.1. The molecule has 3 rings (SSSR count). The van der Waals surface area contributed by atoms with Gasteiger partial charge in [0.2, 0.25) is 5.91 Å². The van der Waals surface area contributed by atoms with Crippen molar-refractivity contribution < 1.29 is 9.53 Å². The zero-order valence-electron chi connectivity index (χ0n) is 18.8. The highest BCUT2D eigenvalue weighted by molar-refractivity contribution is 8.00. The van der Waals surface area contributed by atoms with Crippen LogP contribution in [0, 0.1) is 12.8 Å². The molecule has 8 heteroatoms. The maximum Gasteiger partial charge on any atom is 0.237 e. The summed E-state index contributed by atoms with van der Waals surface area (Å²) in [5.74, 6) is 1.95. The number of para-hydroxylation sites is 1. The molecule has 1 unspecified atom stereocenters. The Bertz CT molecular complexity index is 1040. The summed E-state index contributed by atoms with van der Waals surface area (Å²) in [6.07, 6.45) is 0.978. The number of amides is 1. The van der Waals surface area contributed by atoms with E-state index in [1.54, 1.807) is 12.1 Å². The Morgan fingerprint density at radius 1 is 1.16 bits per heavy atom. The molecule has 32 heavy (non-hydrogen) atoms. The van der Waals surface area contributed by atoms with E-state index in [2.05, 4.69) is 33.9 Å². The Balaban J connectivity index is 1.71. The summed E-state index contributed by atoms with van der Waals surface area (Å²) in [5, 5.41) is 12.6. The summed E-state index contributed by atoms with van der Waals surface area (Å²) in [4.78, 5) is 12.8. The fourth-order valence-electron chi connectivity index (χ4n) is 2.96. The molecule has 1 amide bonds. The fraction of sp³-hybridized carbons (Fsp3) is 0.375. The van der Waals surface area contributed by atoms with Crippen molar-refractivity contribution in [1.29, 1.82) is 0 Å². The first kappa shape index (κ1) is 24.1. The number of carbonyl (C=O) groups is 1.